The summed E-state index contributed by atoms with van der Waals surface area (Å²) in [7, 11) is -3.16. The van der Waals surface area contributed by atoms with Gasteiger partial charge in [0, 0.05) is 17.9 Å². The molecule has 5 heteroatoms. The molecular formula is C15H22BrNO2S. The van der Waals surface area contributed by atoms with Crippen molar-refractivity contribution in [3.8, 4) is 0 Å². The van der Waals surface area contributed by atoms with Gasteiger partial charge in [-0.25, -0.2) is 8.42 Å². The molecule has 1 aromatic carbocycles. The Morgan fingerprint density at radius 1 is 1.15 bits per heavy atom. The molecule has 3 nitrogen and oxygen atoms in total. The first-order valence-electron chi connectivity index (χ1n) is 7.23. The highest BCUT2D eigenvalue weighted by atomic mass is 79.9. The lowest BCUT2D eigenvalue weighted by molar-refractivity contribution is 0.338. The van der Waals surface area contributed by atoms with Crippen LogP contribution in [0.2, 0.25) is 0 Å². The van der Waals surface area contributed by atoms with Crippen molar-refractivity contribution in [1.82, 2.24) is 4.31 Å². The molecule has 2 rings (SSSR count). The summed E-state index contributed by atoms with van der Waals surface area (Å²) in [5, 5.41) is 0.702. The Bertz CT molecular complexity index is 498. The average Bonchev–Trinajstić information content (AvgIpc) is 2.97. The molecule has 0 spiro atoms. The van der Waals surface area contributed by atoms with Gasteiger partial charge < -0.3 is 0 Å². The Labute approximate surface area is 130 Å². The fraction of sp³-hybridized carbons (Fsp3) is 0.600. The molecule has 0 N–H and O–H groups in total. The van der Waals surface area contributed by atoms with Gasteiger partial charge in [-0.2, -0.15) is 4.31 Å². The smallest absolute Gasteiger partial charge is 0.212 e. The van der Waals surface area contributed by atoms with Crippen molar-refractivity contribution in [1.29, 1.82) is 0 Å². The van der Waals surface area contributed by atoms with E-state index in [2.05, 4.69) is 15.9 Å². The lowest BCUT2D eigenvalue weighted by Gasteiger charge is -2.27. The van der Waals surface area contributed by atoms with Gasteiger partial charge in [0.15, 0.2) is 0 Å². The minimum Gasteiger partial charge on any atom is -0.212 e. The first-order valence-corrected chi connectivity index (χ1v) is 9.96. The maximum atomic E-state index is 12.6. The summed E-state index contributed by atoms with van der Waals surface area (Å²) in [6, 6.07) is 10.0. The molecule has 0 amide bonds. The number of alkyl halides is 1. The van der Waals surface area contributed by atoms with Gasteiger partial charge in [0.2, 0.25) is 10.0 Å². The van der Waals surface area contributed by atoms with Crippen LogP contribution < -0.4 is 0 Å². The zero-order valence-corrected chi connectivity index (χ0v) is 14.1. The molecular weight excluding hydrogens is 338 g/mol. The molecule has 1 fully saturated rings. The summed E-state index contributed by atoms with van der Waals surface area (Å²) < 4.78 is 26.9. The lowest BCUT2D eigenvalue weighted by Crippen LogP contribution is -2.41. The zero-order chi connectivity index (χ0) is 14.4. The van der Waals surface area contributed by atoms with E-state index in [0.29, 0.717) is 18.3 Å². The topological polar surface area (TPSA) is 37.4 Å². The third kappa shape index (κ3) is 4.30. The van der Waals surface area contributed by atoms with Crippen LogP contribution in [-0.4, -0.2) is 36.4 Å². The molecule has 1 aromatic rings. The number of hydrogen-bond acceptors (Lipinski definition) is 2. The number of benzene rings is 1. The highest BCUT2D eigenvalue weighted by molar-refractivity contribution is 9.09. The normalized spacial score (nSPS) is 16.9. The molecule has 0 saturated heterocycles. The van der Waals surface area contributed by atoms with E-state index >= 15 is 0 Å². The minimum atomic E-state index is -3.16. The van der Waals surface area contributed by atoms with Gasteiger partial charge in [-0.05, 0) is 24.8 Å². The van der Waals surface area contributed by atoms with Gasteiger partial charge >= 0.3 is 0 Å². The van der Waals surface area contributed by atoms with Crippen LogP contribution in [0.15, 0.2) is 30.3 Å². The second kappa shape index (κ2) is 7.57. The maximum absolute atomic E-state index is 12.6. The van der Waals surface area contributed by atoms with Crippen molar-refractivity contribution < 1.29 is 8.42 Å². The van der Waals surface area contributed by atoms with Crippen molar-refractivity contribution >= 4 is 26.0 Å². The molecule has 112 valence electrons. The molecule has 20 heavy (non-hydrogen) atoms. The number of nitrogens with zero attached hydrogens (tertiary/aromatic N) is 1. The van der Waals surface area contributed by atoms with Gasteiger partial charge in [-0.3, -0.25) is 0 Å². The van der Waals surface area contributed by atoms with E-state index in [1.165, 1.54) is 0 Å². The van der Waals surface area contributed by atoms with Crippen LogP contribution in [0, 0.1) is 0 Å². The molecule has 1 aliphatic carbocycles. The molecule has 1 saturated carbocycles. The zero-order valence-electron chi connectivity index (χ0n) is 11.7. The molecule has 0 aliphatic heterocycles. The van der Waals surface area contributed by atoms with Gasteiger partial charge in [0.25, 0.3) is 0 Å². The average molecular weight is 360 g/mol. The Morgan fingerprint density at radius 2 is 1.80 bits per heavy atom. The number of rotatable bonds is 7. The fourth-order valence-electron chi connectivity index (χ4n) is 2.83. The Balaban J connectivity index is 2.02. The van der Waals surface area contributed by atoms with E-state index in [1.54, 1.807) is 4.31 Å². The van der Waals surface area contributed by atoms with Crippen LogP contribution in [0.3, 0.4) is 0 Å². The molecule has 0 aromatic heterocycles. The van der Waals surface area contributed by atoms with Crippen LogP contribution >= 0.6 is 15.9 Å². The quantitative estimate of drug-likeness (QED) is 0.701. The SMILES string of the molecule is O=S(=O)(CCc1ccccc1)N(CCBr)C1CCCC1. The number of aryl methyl sites for hydroxylation is 1. The summed E-state index contributed by atoms with van der Waals surface area (Å²) in [6.07, 6.45) is 4.92. The molecule has 0 radical (unpaired) electrons. The number of sulfonamides is 1. The second-order valence-corrected chi connectivity index (χ2v) is 8.12. The highest BCUT2D eigenvalue weighted by Crippen LogP contribution is 2.26. The van der Waals surface area contributed by atoms with E-state index in [9.17, 15) is 8.42 Å². The van der Waals surface area contributed by atoms with Crippen LogP contribution in [0.1, 0.15) is 31.2 Å². The van der Waals surface area contributed by atoms with Crippen molar-refractivity contribution in [2.24, 2.45) is 0 Å². The van der Waals surface area contributed by atoms with E-state index in [0.717, 1.165) is 31.2 Å². The summed E-state index contributed by atoms with van der Waals surface area (Å²) >= 11 is 3.38. The molecule has 0 heterocycles. The third-order valence-corrected chi connectivity index (χ3v) is 6.16. The van der Waals surface area contributed by atoms with Gasteiger partial charge in [-0.1, -0.05) is 59.1 Å². The highest BCUT2D eigenvalue weighted by Gasteiger charge is 2.31. The molecule has 0 bridgehead atoms. The van der Waals surface area contributed by atoms with E-state index in [4.69, 9.17) is 0 Å². The lowest BCUT2D eigenvalue weighted by atomic mass is 10.2. The minimum absolute atomic E-state index is 0.209. The fourth-order valence-corrected chi connectivity index (χ4v) is 5.21. The summed E-state index contributed by atoms with van der Waals surface area (Å²) in [6.45, 7) is 0.585. The molecule has 1 aliphatic rings. The largest absolute Gasteiger partial charge is 0.214 e. The van der Waals surface area contributed by atoms with Crippen LogP contribution in [-0.2, 0) is 16.4 Å². The third-order valence-electron chi connectivity index (χ3n) is 3.89. The van der Waals surface area contributed by atoms with Crippen molar-refractivity contribution in [3.63, 3.8) is 0 Å². The maximum Gasteiger partial charge on any atom is 0.214 e. The number of hydrogen-bond donors (Lipinski definition) is 0. The predicted molar refractivity (Wildman–Crippen MR) is 86.7 cm³/mol. The van der Waals surface area contributed by atoms with E-state index in [1.807, 2.05) is 30.3 Å². The molecule has 0 atom stereocenters. The summed E-state index contributed by atoms with van der Waals surface area (Å²) in [5.74, 6) is 0.209. The summed E-state index contributed by atoms with van der Waals surface area (Å²) in [4.78, 5) is 0. The van der Waals surface area contributed by atoms with E-state index in [-0.39, 0.29) is 11.8 Å². The van der Waals surface area contributed by atoms with Gasteiger partial charge in [-0.15, -0.1) is 0 Å². The predicted octanol–water partition coefficient (Wildman–Crippen LogP) is 3.20. The van der Waals surface area contributed by atoms with Crippen molar-refractivity contribution in [2.45, 2.75) is 38.1 Å². The summed E-state index contributed by atoms with van der Waals surface area (Å²) in [5.41, 5.74) is 1.08. The Morgan fingerprint density at radius 3 is 2.40 bits per heavy atom. The standard InChI is InChI=1S/C15H22BrNO2S/c16-11-12-17(15-8-4-5-9-15)20(18,19)13-10-14-6-2-1-3-7-14/h1-3,6-7,15H,4-5,8-13H2. The first-order chi connectivity index (χ1) is 9.63. The number of halogens is 1. The van der Waals surface area contributed by atoms with Crippen LogP contribution in [0.5, 0.6) is 0 Å². The van der Waals surface area contributed by atoms with Gasteiger partial charge in [0.05, 0.1) is 5.75 Å². The van der Waals surface area contributed by atoms with E-state index < -0.39 is 10.0 Å². The molecule has 0 unspecified atom stereocenters. The monoisotopic (exact) mass is 359 g/mol. The van der Waals surface area contributed by atoms with Crippen molar-refractivity contribution in [3.05, 3.63) is 35.9 Å². The first kappa shape index (κ1) is 16.0. The Hall–Kier alpha value is -0.390. The Kier molecular flexibility index (Phi) is 6.05. The van der Waals surface area contributed by atoms with Crippen molar-refractivity contribution in [2.75, 3.05) is 17.6 Å². The second-order valence-electron chi connectivity index (χ2n) is 5.29. The van der Waals surface area contributed by atoms with Gasteiger partial charge in [0.1, 0.15) is 0 Å². The van der Waals surface area contributed by atoms with Crippen LogP contribution in [0.25, 0.3) is 0 Å². The van der Waals surface area contributed by atoms with Crippen LogP contribution in [0.4, 0.5) is 0 Å².